The molecule has 0 bridgehead atoms. The van der Waals surface area contributed by atoms with Gasteiger partial charge in [0.15, 0.2) is 5.57 Å². The molecule has 0 atom stereocenters. The number of esters is 1. The molecule has 0 spiro atoms. The number of carbonyl (C=O) groups is 1. The van der Waals surface area contributed by atoms with E-state index >= 15 is 0 Å². The van der Waals surface area contributed by atoms with Crippen molar-refractivity contribution in [3.05, 3.63) is 47.7 Å². The van der Waals surface area contributed by atoms with Crippen LogP contribution < -0.4 is 5.32 Å². The summed E-state index contributed by atoms with van der Waals surface area (Å²) >= 11 is 0. The van der Waals surface area contributed by atoms with Crippen molar-refractivity contribution >= 4 is 5.97 Å². The van der Waals surface area contributed by atoms with Gasteiger partial charge in [-0.3, -0.25) is 0 Å². The quantitative estimate of drug-likeness (QED) is 0.358. The van der Waals surface area contributed by atoms with Crippen LogP contribution in [-0.4, -0.2) is 19.1 Å². The van der Waals surface area contributed by atoms with Gasteiger partial charge in [0.1, 0.15) is 6.07 Å². The van der Waals surface area contributed by atoms with E-state index in [1.165, 1.54) is 11.8 Å². The standard InChI is InChI=1S/C14H16N2O2/c1-2-18-14(17)13(10-15)11-16-9-8-12-6-4-3-5-7-12/h3-7,11,16H,2,8-9H2,1H3/b13-11+. The van der Waals surface area contributed by atoms with Crippen LogP contribution in [0.15, 0.2) is 42.1 Å². The normalized spacial score (nSPS) is 10.6. The second-order valence-corrected chi connectivity index (χ2v) is 3.58. The Bertz CT molecular complexity index is 447. The topological polar surface area (TPSA) is 62.1 Å². The Labute approximate surface area is 107 Å². The zero-order chi connectivity index (χ0) is 13.2. The Morgan fingerprint density at radius 1 is 1.44 bits per heavy atom. The summed E-state index contributed by atoms with van der Waals surface area (Å²) in [5.74, 6) is -0.591. The van der Waals surface area contributed by atoms with Gasteiger partial charge >= 0.3 is 5.97 Å². The minimum Gasteiger partial charge on any atom is -0.462 e. The van der Waals surface area contributed by atoms with Crippen LogP contribution in [0.25, 0.3) is 0 Å². The third-order valence-corrected chi connectivity index (χ3v) is 2.26. The number of carbonyl (C=O) groups excluding carboxylic acids is 1. The van der Waals surface area contributed by atoms with Crippen molar-refractivity contribution in [1.82, 2.24) is 5.32 Å². The van der Waals surface area contributed by atoms with Crippen LogP contribution in [0.4, 0.5) is 0 Å². The Kier molecular flexibility index (Phi) is 6.05. The summed E-state index contributed by atoms with van der Waals surface area (Å²) in [6, 6.07) is 11.8. The molecule has 1 rings (SSSR count). The number of hydrogen-bond donors (Lipinski definition) is 1. The highest BCUT2D eigenvalue weighted by Crippen LogP contribution is 1.99. The number of nitrogens with zero attached hydrogens (tertiary/aromatic N) is 1. The summed E-state index contributed by atoms with van der Waals surface area (Å²) in [5, 5.41) is 11.7. The van der Waals surface area contributed by atoms with E-state index in [1.54, 1.807) is 6.92 Å². The van der Waals surface area contributed by atoms with Gasteiger partial charge in [-0.05, 0) is 18.9 Å². The second kappa shape index (κ2) is 7.91. The molecule has 1 aromatic carbocycles. The van der Waals surface area contributed by atoms with Crippen LogP contribution in [0.3, 0.4) is 0 Å². The van der Waals surface area contributed by atoms with E-state index in [4.69, 9.17) is 10.00 Å². The smallest absolute Gasteiger partial charge is 0.350 e. The first-order valence-corrected chi connectivity index (χ1v) is 5.82. The first-order chi connectivity index (χ1) is 8.77. The lowest BCUT2D eigenvalue weighted by Gasteiger charge is -2.03. The maximum absolute atomic E-state index is 11.3. The fourth-order valence-corrected chi connectivity index (χ4v) is 1.38. The molecule has 0 aliphatic rings. The summed E-state index contributed by atoms with van der Waals surface area (Å²) in [5.41, 5.74) is 1.19. The van der Waals surface area contributed by atoms with Gasteiger partial charge in [0, 0.05) is 12.7 Å². The van der Waals surface area contributed by atoms with E-state index in [-0.39, 0.29) is 12.2 Å². The van der Waals surface area contributed by atoms with Crippen LogP contribution in [0.5, 0.6) is 0 Å². The molecule has 1 N–H and O–H groups in total. The molecule has 0 heterocycles. The molecule has 0 aliphatic carbocycles. The maximum Gasteiger partial charge on any atom is 0.350 e. The van der Waals surface area contributed by atoms with E-state index in [0.29, 0.717) is 6.54 Å². The maximum atomic E-state index is 11.3. The number of nitrogens with one attached hydrogen (secondary N) is 1. The third-order valence-electron chi connectivity index (χ3n) is 2.26. The second-order valence-electron chi connectivity index (χ2n) is 3.58. The molecule has 0 fully saturated rings. The van der Waals surface area contributed by atoms with E-state index in [9.17, 15) is 4.79 Å². The summed E-state index contributed by atoms with van der Waals surface area (Å²) < 4.78 is 4.74. The molecule has 0 unspecified atom stereocenters. The SMILES string of the molecule is CCOC(=O)/C(C#N)=C/NCCc1ccccc1. The first-order valence-electron chi connectivity index (χ1n) is 5.82. The molecular formula is C14H16N2O2. The van der Waals surface area contributed by atoms with Gasteiger partial charge < -0.3 is 10.1 Å². The van der Waals surface area contributed by atoms with Crippen LogP contribution in [0.2, 0.25) is 0 Å². The third kappa shape index (κ3) is 4.71. The predicted molar refractivity (Wildman–Crippen MR) is 68.5 cm³/mol. The van der Waals surface area contributed by atoms with Crippen molar-refractivity contribution in [2.75, 3.05) is 13.2 Å². The van der Waals surface area contributed by atoms with Gasteiger partial charge in [0.25, 0.3) is 0 Å². The van der Waals surface area contributed by atoms with E-state index < -0.39 is 5.97 Å². The fraction of sp³-hybridized carbons (Fsp3) is 0.286. The minimum absolute atomic E-state index is 0.00934. The summed E-state index contributed by atoms with van der Waals surface area (Å²) in [6.07, 6.45) is 2.24. The average molecular weight is 244 g/mol. The predicted octanol–water partition coefficient (Wildman–Crippen LogP) is 1.79. The van der Waals surface area contributed by atoms with E-state index in [1.807, 2.05) is 36.4 Å². The van der Waals surface area contributed by atoms with Crippen LogP contribution in [0.1, 0.15) is 12.5 Å². The lowest BCUT2D eigenvalue weighted by Crippen LogP contribution is -2.14. The lowest BCUT2D eigenvalue weighted by atomic mass is 10.1. The van der Waals surface area contributed by atoms with Crippen molar-refractivity contribution < 1.29 is 9.53 Å². The molecule has 0 aromatic heterocycles. The number of ether oxygens (including phenoxy) is 1. The Morgan fingerprint density at radius 2 is 2.17 bits per heavy atom. The van der Waals surface area contributed by atoms with Crippen molar-refractivity contribution in [3.8, 4) is 6.07 Å². The van der Waals surface area contributed by atoms with Gasteiger partial charge in [-0.15, -0.1) is 0 Å². The molecule has 0 saturated carbocycles. The molecule has 18 heavy (non-hydrogen) atoms. The Hall–Kier alpha value is -2.28. The van der Waals surface area contributed by atoms with Crippen molar-refractivity contribution in [2.24, 2.45) is 0 Å². The molecule has 1 aromatic rings. The summed E-state index contributed by atoms with van der Waals surface area (Å²) in [7, 11) is 0. The number of rotatable bonds is 6. The molecule has 0 radical (unpaired) electrons. The molecule has 0 aliphatic heterocycles. The molecule has 4 heteroatoms. The number of hydrogen-bond acceptors (Lipinski definition) is 4. The molecular weight excluding hydrogens is 228 g/mol. The lowest BCUT2D eigenvalue weighted by molar-refractivity contribution is -0.138. The van der Waals surface area contributed by atoms with Crippen LogP contribution >= 0.6 is 0 Å². The average Bonchev–Trinajstić information content (AvgIpc) is 2.40. The minimum atomic E-state index is -0.591. The largest absolute Gasteiger partial charge is 0.462 e. The zero-order valence-corrected chi connectivity index (χ0v) is 10.3. The zero-order valence-electron chi connectivity index (χ0n) is 10.3. The van der Waals surface area contributed by atoms with E-state index in [2.05, 4.69) is 5.32 Å². The Morgan fingerprint density at radius 3 is 2.78 bits per heavy atom. The van der Waals surface area contributed by atoms with Gasteiger partial charge in [0.05, 0.1) is 6.61 Å². The van der Waals surface area contributed by atoms with Crippen LogP contribution in [0, 0.1) is 11.3 Å². The van der Waals surface area contributed by atoms with Gasteiger partial charge in [-0.2, -0.15) is 5.26 Å². The summed E-state index contributed by atoms with van der Waals surface area (Å²) in [4.78, 5) is 11.3. The van der Waals surface area contributed by atoms with Crippen molar-refractivity contribution in [1.29, 1.82) is 5.26 Å². The number of benzene rings is 1. The molecule has 4 nitrogen and oxygen atoms in total. The van der Waals surface area contributed by atoms with E-state index in [0.717, 1.165) is 6.42 Å². The first kappa shape index (κ1) is 13.8. The van der Waals surface area contributed by atoms with Gasteiger partial charge in [0.2, 0.25) is 0 Å². The van der Waals surface area contributed by atoms with Gasteiger partial charge in [-0.1, -0.05) is 30.3 Å². The molecule has 94 valence electrons. The van der Waals surface area contributed by atoms with Crippen LogP contribution in [-0.2, 0) is 16.0 Å². The van der Waals surface area contributed by atoms with Gasteiger partial charge in [-0.25, -0.2) is 4.79 Å². The number of nitriles is 1. The monoisotopic (exact) mass is 244 g/mol. The van der Waals surface area contributed by atoms with Crippen molar-refractivity contribution in [3.63, 3.8) is 0 Å². The highest BCUT2D eigenvalue weighted by molar-refractivity contribution is 5.92. The fourth-order valence-electron chi connectivity index (χ4n) is 1.38. The Balaban J connectivity index is 2.39. The molecule has 0 saturated heterocycles. The van der Waals surface area contributed by atoms with Crippen molar-refractivity contribution in [2.45, 2.75) is 13.3 Å². The summed E-state index contributed by atoms with van der Waals surface area (Å²) in [6.45, 7) is 2.63. The highest BCUT2D eigenvalue weighted by Gasteiger charge is 2.08. The highest BCUT2D eigenvalue weighted by atomic mass is 16.5. The molecule has 0 amide bonds.